The second-order valence-electron chi connectivity index (χ2n) is 6.99. The van der Waals surface area contributed by atoms with Crippen LogP contribution in [0.2, 0.25) is 0 Å². The van der Waals surface area contributed by atoms with Gasteiger partial charge in [0.15, 0.2) is 0 Å². The lowest BCUT2D eigenvalue weighted by Crippen LogP contribution is -2.06. The molecule has 0 rings (SSSR count). The molecule has 0 fully saturated rings. The number of carbonyl (C=O) groups excluding carboxylic acids is 1. The molecular weight excluding hydrogens is 328 g/mol. The Balaban J connectivity index is 3.08. The molecule has 0 aliphatic carbocycles. The van der Waals surface area contributed by atoms with Crippen LogP contribution in [0.25, 0.3) is 0 Å². The summed E-state index contributed by atoms with van der Waals surface area (Å²) < 4.78 is 5.00. The van der Waals surface area contributed by atoms with E-state index in [0.29, 0.717) is 18.8 Å². The second kappa shape index (κ2) is 21.6. The van der Waals surface area contributed by atoms with Crippen LogP contribution in [0.5, 0.6) is 0 Å². The van der Waals surface area contributed by atoms with Gasteiger partial charge in [-0.05, 0) is 25.7 Å². The average Bonchev–Trinajstić information content (AvgIpc) is 2.62. The topological polar surface area (TPSA) is 26.3 Å². The summed E-state index contributed by atoms with van der Waals surface area (Å²) in [6, 6.07) is 0. The van der Waals surface area contributed by atoms with E-state index >= 15 is 0 Å². The molecule has 0 atom stereocenters. The Morgan fingerprint density at radius 2 is 1.24 bits per heavy atom. The molecule has 0 aliphatic rings. The molecule has 0 aromatic carbocycles. The van der Waals surface area contributed by atoms with E-state index in [4.69, 9.17) is 4.74 Å². The van der Waals surface area contributed by atoms with E-state index in [1.165, 1.54) is 83.5 Å². The minimum atomic E-state index is -0.0639. The van der Waals surface area contributed by atoms with Crippen LogP contribution >= 0.6 is 12.6 Å². The van der Waals surface area contributed by atoms with E-state index in [0.717, 1.165) is 12.8 Å². The number of ether oxygens (including phenoxy) is 1. The number of carbonyl (C=O) groups is 1. The Morgan fingerprint density at radius 3 is 1.76 bits per heavy atom. The highest BCUT2D eigenvalue weighted by atomic mass is 32.1. The van der Waals surface area contributed by atoms with Gasteiger partial charge in [0, 0.05) is 12.2 Å². The molecule has 148 valence electrons. The van der Waals surface area contributed by atoms with Crippen molar-refractivity contribution < 1.29 is 9.53 Å². The van der Waals surface area contributed by atoms with Crippen molar-refractivity contribution in [3.05, 3.63) is 12.2 Å². The van der Waals surface area contributed by atoms with Crippen LogP contribution in [0.3, 0.4) is 0 Å². The number of thiol groups is 1. The van der Waals surface area contributed by atoms with E-state index in [9.17, 15) is 4.79 Å². The first kappa shape index (κ1) is 24.6. The van der Waals surface area contributed by atoms with Crippen LogP contribution in [0.15, 0.2) is 12.2 Å². The third kappa shape index (κ3) is 21.5. The molecule has 0 bridgehead atoms. The Labute approximate surface area is 162 Å². The SMILES string of the molecule is CCC/C=C/CCCCCCCCCCCCCCC(=O)OCCS. The predicted molar refractivity (Wildman–Crippen MR) is 113 cm³/mol. The van der Waals surface area contributed by atoms with Gasteiger partial charge in [0.25, 0.3) is 0 Å². The minimum Gasteiger partial charge on any atom is -0.465 e. The van der Waals surface area contributed by atoms with Crippen LogP contribution in [0, 0.1) is 0 Å². The summed E-state index contributed by atoms with van der Waals surface area (Å²) in [6.07, 6.45) is 24.8. The maximum atomic E-state index is 11.3. The molecule has 2 nitrogen and oxygen atoms in total. The molecule has 0 aliphatic heterocycles. The molecule has 0 amide bonds. The van der Waals surface area contributed by atoms with Gasteiger partial charge in [-0.25, -0.2) is 0 Å². The number of hydrogen-bond donors (Lipinski definition) is 1. The van der Waals surface area contributed by atoms with Gasteiger partial charge < -0.3 is 4.74 Å². The molecule has 0 N–H and O–H groups in total. The van der Waals surface area contributed by atoms with Gasteiger partial charge in [-0.2, -0.15) is 12.6 Å². The van der Waals surface area contributed by atoms with Crippen LogP contribution in [0.1, 0.15) is 110 Å². The van der Waals surface area contributed by atoms with Crippen molar-refractivity contribution in [3.63, 3.8) is 0 Å². The summed E-state index contributed by atoms with van der Waals surface area (Å²) in [7, 11) is 0. The van der Waals surface area contributed by atoms with E-state index < -0.39 is 0 Å². The highest BCUT2D eigenvalue weighted by Crippen LogP contribution is 2.13. The van der Waals surface area contributed by atoms with Crippen molar-refractivity contribution in [1.82, 2.24) is 0 Å². The van der Waals surface area contributed by atoms with E-state index in [1.54, 1.807) is 0 Å². The summed E-state index contributed by atoms with van der Waals surface area (Å²) in [4.78, 5) is 11.3. The van der Waals surface area contributed by atoms with Crippen molar-refractivity contribution in [2.45, 2.75) is 110 Å². The van der Waals surface area contributed by atoms with Gasteiger partial charge in [0.05, 0.1) is 0 Å². The molecule has 0 spiro atoms. The maximum Gasteiger partial charge on any atom is 0.305 e. The first-order chi connectivity index (χ1) is 12.3. The molecule has 0 unspecified atom stereocenters. The number of allylic oxidation sites excluding steroid dienone is 2. The lowest BCUT2D eigenvalue weighted by molar-refractivity contribution is -0.143. The molecule has 25 heavy (non-hydrogen) atoms. The Kier molecular flexibility index (Phi) is 21.2. The standard InChI is InChI=1S/C22H42O2S/c1-2-3-4-5-6-7-8-9-10-11-12-13-14-15-16-17-18-19-22(23)24-20-21-25/h4-5,25H,2-3,6-21H2,1H3/b5-4+. The van der Waals surface area contributed by atoms with Gasteiger partial charge >= 0.3 is 5.97 Å². The molecule has 3 heteroatoms. The van der Waals surface area contributed by atoms with Crippen molar-refractivity contribution >= 4 is 18.6 Å². The Bertz CT molecular complexity index is 302. The second-order valence-corrected chi connectivity index (χ2v) is 7.43. The van der Waals surface area contributed by atoms with Crippen LogP contribution < -0.4 is 0 Å². The van der Waals surface area contributed by atoms with Crippen LogP contribution in [0.4, 0.5) is 0 Å². The van der Waals surface area contributed by atoms with Gasteiger partial charge in [0.2, 0.25) is 0 Å². The fourth-order valence-electron chi connectivity index (χ4n) is 2.93. The highest BCUT2D eigenvalue weighted by Gasteiger charge is 2.01. The number of rotatable bonds is 19. The van der Waals surface area contributed by atoms with Crippen LogP contribution in [-0.2, 0) is 9.53 Å². The van der Waals surface area contributed by atoms with Crippen LogP contribution in [-0.4, -0.2) is 18.3 Å². The molecule has 0 aromatic rings. The summed E-state index contributed by atoms with van der Waals surface area (Å²) in [5.41, 5.74) is 0. The number of esters is 1. The maximum absolute atomic E-state index is 11.3. The van der Waals surface area contributed by atoms with E-state index in [-0.39, 0.29) is 5.97 Å². The smallest absolute Gasteiger partial charge is 0.305 e. The zero-order valence-corrected chi connectivity index (χ0v) is 17.5. The summed E-state index contributed by atoms with van der Waals surface area (Å²) in [6.45, 7) is 2.67. The zero-order valence-electron chi connectivity index (χ0n) is 16.6. The molecule has 0 saturated carbocycles. The first-order valence-corrected chi connectivity index (χ1v) is 11.4. The van der Waals surface area contributed by atoms with E-state index in [2.05, 4.69) is 31.7 Å². The molecule has 0 heterocycles. The quantitative estimate of drug-likeness (QED) is 0.112. The zero-order chi connectivity index (χ0) is 18.4. The molecule has 0 aromatic heterocycles. The molecule has 0 radical (unpaired) electrons. The summed E-state index contributed by atoms with van der Waals surface area (Å²) >= 11 is 4.02. The lowest BCUT2D eigenvalue weighted by atomic mass is 10.0. The van der Waals surface area contributed by atoms with Gasteiger partial charge in [-0.15, -0.1) is 0 Å². The van der Waals surface area contributed by atoms with Crippen molar-refractivity contribution in [2.75, 3.05) is 12.4 Å². The fraction of sp³-hybridized carbons (Fsp3) is 0.864. The number of unbranched alkanes of at least 4 members (excludes halogenated alkanes) is 13. The Morgan fingerprint density at radius 1 is 0.760 bits per heavy atom. The largest absolute Gasteiger partial charge is 0.465 e. The average molecular weight is 371 g/mol. The third-order valence-electron chi connectivity index (χ3n) is 4.48. The number of hydrogen-bond acceptors (Lipinski definition) is 3. The van der Waals surface area contributed by atoms with Crippen molar-refractivity contribution in [1.29, 1.82) is 0 Å². The summed E-state index contributed by atoms with van der Waals surface area (Å²) in [5.74, 6) is 0.549. The summed E-state index contributed by atoms with van der Waals surface area (Å²) in [5, 5.41) is 0. The van der Waals surface area contributed by atoms with Gasteiger partial charge in [0.1, 0.15) is 6.61 Å². The Hall–Kier alpha value is -0.440. The molecule has 0 saturated heterocycles. The van der Waals surface area contributed by atoms with Crippen molar-refractivity contribution in [2.24, 2.45) is 0 Å². The first-order valence-electron chi connectivity index (χ1n) is 10.7. The fourth-order valence-corrected chi connectivity index (χ4v) is 3.02. The minimum absolute atomic E-state index is 0.0639. The van der Waals surface area contributed by atoms with Gasteiger partial charge in [-0.1, -0.05) is 89.7 Å². The normalized spacial score (nSPS) is 11.3. The van der Waals surface area contributed by atoms with Crippen molar-refractivity contribution in [3.8, 4) is 0 Å². The monoisotopic (exact) mass is 370 g/mol. The third-order valence-corrected chi connectivity index (χ3v) is 4.66. The molecular formula is C22H42O2S. The van der Waals surface area contributed by atoms with E-state index in [1.807, 2.05) is 0 Å². The predicted octanol–water partition coefficient (Wildman–Crippen LogP) is 7.28. The lowest BCUT2D eigenvalue weighted by Gasteiger charge is -2.04. The highest BCUT2D eigenvalue weighted by molar-refractivity contribution is 7.80. The van der Waals surface area contributed by atoms with Gasteiger partial charge in [-0.3, -0.25) is 4.79 Å².